The normalized spacial score (nSPS) is 17.5. The molecule has 2 aromatic rings. The zero-order valence-corrected chi connectivity index (χ0v) is 16.6. The molecule has 0 aliphatic carbocycles. The first-order valence-corrected chi connectivity index (χ1v) is 11.3. The van der Waals surface area contributed by atoms with Crippen LogP contribution in [0.25, 0.3) is 0 Å². The van der Waals surface area contributed by atoms with E-state index in [-0.39, 0.29) is 34.6 Å². The van der Waals surface area contributed by atoms with Crippen molar-refractivity contribution in [2.24, 2.45) is 0 Å². The summed E-state index contributed by atoms with van der Waals surface area (Å²) in [6, 6.07) is 11.0. The largest absolute Gasteiger partial charge is 0.772 e. The van der Waals surface area contributed by atoms with Gasteiger partial charge in [-0.1, -0.05) is 35.3 Å². The van der Waals surface area contributed by atoms with Gasteiger partial charge in [-0.25, -0.2) is 13.9 Å². The minimum Gasteiger partial charge on any atom is -0.772 e. The second-order valence-electron chi connectivity index (χ2n) is 6.50. The predicted octanol–water partition coefficient (Wildman–Crippen LogP) is 1.54. The van der Waals surface area contributed by atoms with E-state index in [0.29, 0.717) is 11.3 Å². The van der Waals surface area contributed by atoms with Crippen LogP contribution in [0, 0.1) is 0 Å². The van der Waals surface area contributed by atoms with Crippen LogP contribution >= 0.6 is 0 Å². The third kappa shape index (κ3) is 4.09. The summed E-state index contributed by atoms with van der Waals surface area (Å²) < 4.78 is 46.5. The predicted molar refractivity (Wildman–Crippen MR) is 103 cm³/mol. The van der Waals surface area contributed by atoms with Gasteiger partial charge in [-0.2, -0.15) is 0 Å². The molecule has 1 heterocycles. The van der Waals surface area contributed by atoms with Crippen LogP contribution in [0.1, 0.15) is 34.5 Å². The van der Waals surface area contributed by atoms with E-state index in [1.54, 1.807) is 29.7 Å². The summed E-state index contributed by atoms with van der Waals surface area (Å²) in [5.74, 6) is -0.851. The molecule has 1 amide bonds. The minimum atomic E-state index is -3.46. The lowest BCUT2D eigenvalue weighted by Crippen LogP contribution is -2.37. The van der Waals surface area contributed by atoms with Gasteiger partial charge in [0.25, 0.3) is 5.91 Å². The number of hydroxylamine groups is 1. The topological polar surface area (TPSA) is 127 Å². The summed E-state index contributed by atoms with van der Waals surface area (Å²) in [5.41, 5.74) is 3.62. The molecule has 3 rings (SSSR count). The zero-order valence-electron chi connectivity index (χ0n) is 15.0. The van der Waals surface area contributed by atoms with E-state index in [0.717, 1.165) is 5.56 Å². The molecular formula is C18H19N2O6S2-. The molecule has 0 saturated heterocycles. The van der Waals surface area contributed by atoms with Crippen LogP contribution in [-0.4, -0.2) is 40.6 Å². The van der Waals surface area contributed by atoms with Gasteiger partial charge in [0.05, 0.1) is 22.4 Å². The van der Waals surface area contributed by atoms with Gasteiger partial charge in [-0.3, -0.25) is 14.2 Å². The van der Waals surface area contributed by atoms with Crippen molar-refractivity contribution in [3.63, 3.8) is 0 Å². The molecule has 28 heavy (non-hydrogen) atoms. The quantitative estimate of drug-likeness (QED) is 0.424. The number of anilines is 1. The molecule has 0 aromatic heterocycles. The highest BCUT2D eigenvalue weighted by molar-refractivity contribution is 7.91. The monoisotopic (exact) mass is 423 g/mol. The first-order chi connectivity index (χ1) is 13.2. The van der Waals surface area contributed by atoms with Crippen LogP contribution in [0.2, 0.25) is 0 Å². The SMILES string of the molecule is CC(c1ccc(CS(=O)[O-])cc1)N1CCS(=O)(=O)c2ccc(C(=O)NO)cc21. The molecule has 0 saturated carbocycles. The number of rotatable bonds is 5. The average Bonchev–Trinajstić information content (AvgIpc) is 2.66. The summed E-state index contributed by atoms with van der Waals surface area (Å²) in [7, 11) is -3.46. The Labute approximate surface area is 165 Å². The third-order valence-corrected chi connectivity index (χ3v) is 7.09. The molecule has 0 radical (unpaired) electrons. The zero-order chi connectivity index (χ0) is 20.5. The van der Waals surface area contributed by atoms with E-state index >= 15 is 0 Å². The first kappa shape index (κ1) is 20.5. The molecule has 1 aliphatic rings. The van der Waals surface area contributed by atoms with Crippen LogP contribution < -0.4 is 10.4 Å². The van der Waals surface area contributed by atoms with Crippen LogP contribution in [-0.2, 0) is 26.7 Å². The van der Waals surface area contributed by atoms with E-state index in [2.05, 4.69) is 0 Å². The number of amides is 1. The van der Waals surface area contributed by atoms with E-state index in [1.165, 1.54) is 18.2 Å². The van der Waals surface area contributed by atoms with E-state index in [4.69, 9.17) is 5.21 Å². The summed E-state index contributed by atoms with van der Waals surface area (Å²) in [6.45, 7) is 2.15. The van der Waals surface area contributed by atoms with Crippen molar-refractivity contribution in [1.82, 2.24) is 5.48 Å². The molecular weight excluding hydrogens is 404 g/mol. The third-order valence-electron chi connectivity index (χ3n) is 4.78. The Morgan fingerprint density at radius 3 is 2.57 bits per heavy atom. The Morgan fingerprint density at radius 2 is 1.96 bits per heavy atom. The Morgan fingerprint density at radius 1 is 1.29 bits per heavy atom. The van der Waals surface area contributed by atoms with Crippen molar-refractivity contribution in [3.05, 3.63) is 59.2 Å². The molecule has 150 valence electrons. The van der Waals surface area contributed by atoms with Crippen molar-refractivity contribution >= 4 is 32.5 Å². The number of hydrogen-bond donors (Lipinski definition) is 2. The lowest BCUT2D eigenvalue weighted by Gasteiger charge is -2.36. The van der Waals surface area contributed by atoms with Crippen molar-refractivity contribution in [2.45, 2.75) is 23.6 Å². The Hall–Kier alpha value is -2.27. The van der Waals surface area contributed by atoms with Gasteiger partial charge < -0.3 is 9.45 Å². The maximum atomic E-state index is 12.4. The summed E-state index contributed by atoms with van der Waals surface area (Å²) in [6.07, 6.45) is 0. The molecule has 2 aromatic carbocycles. The maximum Gasteiger partial charge on any atom is 0.274 e. The maximum absolute atomic E-state index is 12.4. The fraction of sp³-hybridized carbons (Fsp3) is 0.278. The molecule has 2 atom stereocenters. The van der Waals surface area contributed by atoms with Gasteiger partial charge in [0.2, 0.25) is 0 Å². The summed E-state index contributed by atoms with van der Waals surface area (Å²) in [4.78, 5) is 13.8. The Bertz CT molecular complexity index is 1020. The smallest absolute Gasteiger partial charge is 0.274 e. The molecule has 2 N–H and O–H groups in total. The van der Waals surface area contributed by atoms with Crippen LogP contribution in [0.5, 0.6) is 0 Å². The lowest BCUT2D eigenvalue weighted by atomic mass is 10.0. The van der Waals surface area contributed by atoms with Gasteiger partial charge in [0, 0.05) is 17.9 Å². The lowest BCUT2D eigenvalue weighted by molar-refractivity contribution is 0.0706. The van der Waals surface area contributed by atoms with Crippen molar-refractivity contribution < 1.29 is 27.2 Å². The number of benzene rings is 2. The second kappa shape index (κ2) is 8.00. The second-order valence-corrected chi connectivity index (χ2v) is 9.48. The van der Waals surface area contributed by atoms with Gasteiger partial charge in [0.1, 0.15) is 0 Å². The van der Waals surface area contributed by atoms with E-state index in [9.17, 15) is 22.0 Å². The molecule has 0 bridgehead atoms. The number of nitrogens with zero attached hydrogens (tertiary/aromatic N) is 1. The van der Waals surface area contributed by atoms with Crippen LogP contribution in [0.4, 0.5) is 5.69 Å². The molecule has 8 nitrogen and oxygen atoms in total. The number of nitrogens with one attached hydrogen (secondary N) is 1. The standard InChI is InChI=1S/C18H20N2O6S2/c1-12(14-4-2-13(3-5-14)11-27(23)24)20-8-9-28(25,26)17-7-6-15(10-16(17)20)18(21)19-22/h2-7,10,12,22H,8-9,11H2,1H3,(H,19,21)(H,23,24)/p-1. The number of fused-ring (bicyclic) bond motifs is 1. The highest BCUT2D eigenvalue weighted by Crippen LogP contribution is 2.37. The van der Waals surface area contributed by atoms with Gasteiger partial charge >= 0.3 is 0 Å². The summed E-state index contributed by atoms with van der Waals surface area (Å²) >= 11 is -2.17. The molecule has 0 spiro atoms. The average molecular weight is 423 g/mol. The summed E-state index contributed by atoms with van der Waals surface area (Å²) in [5, 5.41) is 8.86. The highest BCUT2D eigenvalue weighted by Gasteiger charge is 2.32. The fourth-order valence-electron chi connectivity index (χ4n) is 3.27. The van der Waals surface area contributed by atoms with Gasteiger partial charge in [-0.05, 0) is 36.2 Å². The fourth-order valence-corrected chi connectivity index (χ4v) is 5.16. The molecule has 1 aliphatic heterocycles. The van der Waals surface area contributed by atoms with Crippen molar-refractivity contribution in [2.75, 3.05) is 17.2 Å². The number of hydrogen-bond acceptors (Lipinski definition) is 7. The Kier molecular flexibility index (Phi) is 5.84. The molecule has 2 unspecified atom stereocenters. The number of sulfone groups is 1. The van der Waals surface area contributed by atoms with Crippen LogP contribution in [0.3, 0.4) is 0 Å². The molecule has 10 heteroatoms. The first-order valence-electron chi connectivity index (χ1n) is 8.45. The highest BCUT2D eigenvalue weighted by atomic mass is 32.2. The van der Waals surface area contributed by atoms with E-state index < -0.39 is 26.8 Å². The number of carbonyl (C=O) groups is 1. The van der Waals surface area contributed by atoms with E-state index in [1.807, 2.05) is 11.8 Å². The van der Waals surface area contributed by atoms with Crippen molar-refractivity contribution in [3.8, 4) is 0 Å². The van der Waals surface area contributed by atoms with Gasteiger partial charge in [0.15, 0.2) is 9.84 Å². The number of carbonyl (C=O) groups excluding carboxylic acids is 1. The van der Waals surface area contributed by atoms with Crippen molar-refractivity contribution in [1.29, 1.82) is 0 Å². The minimum absolute atomic E-state index is 0.0525. The van der Waals surface area contributed by atoms with Crippen LogP contribution in [0.15, 0.2) is 47.4 Å². The van der Waals surface area contributed by atoms with Gasteiger partial charge in [-0.15, -0.1) is 0 Å². The Balaban J connectivity index is 1.98. The molecule has 0 fully saturated rings.